The summed E-state index contributed by atoms with van der Waals surface area (Å²) in [6.45, 7) is 4.80. The molecule has 2 atom stereocenters. The molecule has 0 rings (SSSR count). The van der Waals surface area contributed by atoms with Gasteiger partial charge in [-0.2, -0.15) is 0 Å². The number of hydrogen-bond acceptors (Lipinski definition) is 5. The Hall–Kier alpha value is -2.18. The van der Waals surface area contributed by atoms with Crippen molar-refractivity contribution in [3.05, 3.63) is 48.6 Å². The molecular formula is C55H101NO5. The summed E-state index contributed by atoms with van der Waals surface area (Å²) >= 11 is 0. The van der Waals surface area contributed by atoms with Gasteiger partial charge < -0.3 is 20.3 Å². The second-order valence-corrected chi connectivity index (χ2v) is 17.8. The van der Waals surface area contributed by atoms with E-state index in [-0.39, 0.29) is 18.5 Å². The van der Waals surface area contributed by atoms with Crippen molar-refractivity contribution in [1.29, 1.82) is 0 Å². The predicted octanol–water partition coefficient (Wildman–Crippen LogP) is 15.8. The Bertz CT molecular complexity index is 1040. The summed E-state index contributed by atoms with van der Waals surface area (Å²) in [4.78, 5) is 24.4. The van der Waals surface area contributed by atoms with Gasteiger partial charge in [-0.05, 0) is 83.5 Å². The maximum Gasteiger partial charge on any atom is 0.305 e. The van der Waals surface area contributed by atoms with Gasteiger partial charge in [-0.3, -0.25) is 9.59 Å². The Kier molecular flexibility index (Phi) is 48.7. The van der Waals surface area contributed by atoms with Crippen LogP contribution < -0.4 is 5.32 Å². The molecule has 0 bridgehead atoms. The van der Waals surface area contributed by atoms with Crippen LogP contribution in [-0.4, -0.2) is 47.4 Å². The van der Waals surface area contributed by atoms with E-state index in [9.17, 15) is 19.8 Å². The Labute approximate surface area is 378 Å². The zero-order valence-electron chi connectivity index (χ0n) is 40.4. The molecule has 0 aromatic carbocycles. The van der Waals surface area contributed by atoms with Crippen LogP contribution in [0.4, 0.5) is 0 Å². The number of ether oxygens (including phenoxy) is 1. The van der Waals surface area contributed by atoms with E-state index in [2.05, 4.69) is 55.6 Å². The lowest BCUT2D eigenvalue weighted by Gasteiger charge is -2.20. The molecule has 0 radical (unpaired) electrons. The Morgan fingerprint density at radius 3 is 1.33 bits per heavy atom. The number of aliphatic hydroxyl groups is 2. The summed E-state index contributed by atoms with van der Waals surface area (Å²) in [5.41, 5.74) is 0. The number of rotatable bonds is 48. The average molecular weight is 856 g/mol. The first-order chi connectivity index (χ1) is 30.0. The molecule has 0 fully saturated rings. The molecule has 61 heavy (non-hydrogen) atoms. The van der Waals surface area contributed by atoms with Gasteiger partial charge in [-0.15, -0.1) is 0 Å². The lowest BCUT2D eigenvalue weighted by Crippen LogP contribution is -2.45. The first kappa shape index (κ1) is 58.8. The van der Waals surface area contributed by atoms with Gasteiger partial charge in [0.05, 0.1) is 25.4 Å². The summed E-state index contributed by atoms with van der Waals surface area (Å²) in [7, 11) is 0. The highest BCUT2D eigenvalue weighted by atomic mass is 16.5. The monoisotopic (exact) mass is 856 g/mol. The van der Waals surface area contributed by atoms with E-state index in [4.69, 9.17) is 4.74 Å². The fourth-order valence-electron chi connectivity index (χ4n) is 7.72. The average Bonchev–Trinajstić information content (AvgIpc) is 3.26. The van der Waals surface area contributed by atoms with Crippen molar-refractivity contribution in [2.45, 2.75) is 276 Å². The molecule has 0 saturated carbocycles. The Morgan fingerprint density at radius 1 is 0.459 bits per heavy atom. The number of allylic oxidation sites excluding steroid dienone is 7. The van der Waals surface area contributed by atoms with Gasteiger partial charge in [-0.25, -0.2) is 0 Å². The van der Waals surface area contributed by atoms with Crippen LogP contribution in [-0.2, 0) is 14.3 Å². The molecule has 0 saturated heterocycles. The first-order valence-corrected chi connectivity index (χ1v) is 26.4. The summed E-state index contributed by atoms with van der Waals surface area (Å²) < 4.78 is 5.45. The number of carbonyl (C=O) groups is 2. The molecule has 6 nitrogen and oxygen atoms in total. The first-order valence-electron chi connectivity index (χ1n) is 26.4. The number of aliphatic hydroxyl groups excluding tert-OH is 2. The van der Waals surface area contributed by atoms with Crippen molar-refractivity contribution in [3.63, 3.8) is 0 Å². The van der Waals surface area contributed by atoms with Gasteiger partial charge in [0.15, 0.2) is 0 Å². The SMILES string of the molecule is CCC/C=C\C/C=C\CCCCCCCC(=O)OCCCCCCCCCCC/C=C\CCCCCCCCCC(=O)NC(CO)C(O)/C=C/CCCCCCCCCCC. The van der Waals surface area contributed by atoms with Crippen molar-refractivity contribution in [1.82, 2.24) is 5.32 Å². The van der Waals surface area contributed by atoms with E-state index in [0.29, 0.717) is 19.4 Å². The molecule has 0 aromatic rings. The molecule has 0 aliphatic rings. The summed E-state index contributed by atoms with van der Waals surface area (Å²) in [5, 5.41) is 23.0. The maximum absolute atomic E-state index is 12.4. The normalized spacial score (nSPS) is 13.0. The van der Waals surface area contributed by atoms with Crippen molar-refractivity contribution in [3.8, 4) is 0 Å². The van der Waals surface area contributed by atoms with Gasteiger partial charge in [0.1, 0.15) is 0 Å². The molecule has 356 valence electrons. The highest BCUT2D eigenvalue weighted by Gasteiger charge is 2.18. The minimum atomic E-state index is -0.849. The van der Waals surface area contributed by atoms with Crippen molar-refractivity contribution < 1.29 is 24.5 Å². The molecule has 0 aliphatic carbocycles. The lowest BCUT2D eigenvalue weighted by molar-refractivity contribution is -0.143. The third-order valence-electron chi connectivity index (χ3n) is 11.8. The number of amides is 1. The number of carbonyl (C=O) groups excluding carboxylic acids is 2. The minimum absolute atomic E-state index is 0.0109. The second kappa shape index (κ2) is 50.5. The van der Waals surface area contributed by atoms with E-state index in [1.165, 1.54) is 180 Å². The minimum Gasteiger partial charge on any atom is -0.466 e. The molecule has 0 aliphatic heterocycles. The number of nitrogens with one attached hydrogen (secondary N) is 1. The molecular weight excluding hydrogens is 755 g/mol. The largest absolute Gasteiger partial charge is 0.466 e. The Balaban J connectivity index is 3.46. The van der Waals surface area contributed by atoms with Crippen LogP contribution in [0.15, 0.2) is 48.6 Å². The number of hydrogen-bond donors (Lipinski definition) is 3. The number of esters is 1. The summed E-state index contributed by atoms with van der Waals surface area (Å²) in [5.74, 6) is -0.0903. The number of unbranched alkanes of at least 4 members (excludes halogenated alkanes) is 31. The highest BCUT2D eigenvalue weighted by molar-refractivity contribution is 5.76. The molecule has 2 unspecified atom stereocenters. The van der Waals surface area contributed by atoms with E-state index >= 15 is 0 Å². The second-order valence-electron chi connectivity index (χ2n) is 17.8. The van der Waals surface area contributed by atoms with Crippen LogP contribution in [0.5, 0.6) is 0 Å². The lowest BCUT2D eigenvalue weighted by atomic mass is 10.1. The molecule has 0 aromatic heterocycles. The van der Waals surface area contributed by atoms with E-state index in [0.717, 1.165) is 57.8 Å². The standard InChI is InChI=1S/C55H101NO5/c1-3-5-7-9-11-13-15-24-29-33-37-41-45-49-55(60)61-50-46-42-38-34-30-26-23-21-19-17-16-18-20-22-25-28-32-36-40-44-48-54(59)56-52(51-57)53(58)47-43-39-35-31-27-14-12-10-8-6-4-2/h7,9,13,15-16,18,43,47,52-53,57-58H,3-6,8,10-12,14,17,19-42,44-46,48-51H2,1-2H3,(H,56,59)/b9-7-,15-13-,18-16-,47-43+. The highest BCUT2D eigenvalue weighted by Crippen LogP contribution is 2.15. The zero-order chi connectivity index (χ0) is 44.4. The quantitative estimate of drug-likeness (QED) is 0.0322. The van der Waals surface area contributed by atoms with Crippen molar-refractivity contribution in [2.75, 3.05) is 13.2 Å². The zero-order valence-corrected chi connectivity index (χ0v) is 40.4. The van der Waals surface area contributed by atoms with Crippen LogP contribution in [0.1, 0.15) is 264 Å². The van der Waals surface area contributed by atoms with Crippen LogP contribution in [0.3, 0.4) is 0 Å². The van der Waals surface area contributed by atoms with E-state index < -0.39 is 12.1 Å². The van der Waals surface area contributed by atoms with Crippen molar-refractivity contribution >= 4 is 11.9 Å². The molecule has 0 spiro atoms. The van der Waals surface area contributed by atoms with Crippen molar-refractivity contribution in [2.24, 2.45) is 0 Å². The van der Waals surface area contributed by atoms with Gasteiger partial charge in [-0.1, -0.05) is 217 Å². The third-order valence-corrected chi connectivity index (χ3v) is 11.8. The summed E-state index contributed by atoms with van der Waals surface area (Å²) in [6.07, 6.45) is 62.6. The van der Waals surface area contributed by atoms with Crippen LogP contribution >= 0.6 is 0 Å². The molecule has 0 heterocycles. The van der Waals surface area contributed by atoms with Gasteiger partial charge >= 0.3 is 5.97 Å². The fourth-order valence-corrected chi connectivity index (χ4v) is 7.72. The van der Waals surface area contributed by atoms with Crippen LogP contribution in [0.2, 0.25) is 0 Å². The van der Waals surface area contributed by atoms with Crippen LogP contribution in [0.25, 0.3) is 0 Å². The smallest absolute Gasteiger partial charge is 0.305 e. The molecule has 6 heteroatoms. The summed E-state index contributed by atoms with van der Waals surface area (Å²) in [6, 6.07) is -0.633. The topological polar surface area (TPSA) is 95.9 Å². The Morgan fingerprint density at radius 2 is 0.852 bits per heavy atom. The third kappa shape index (κ3) is 47.1. The van der Waals surface area contributed by atoms with E-state index in [1.807, 2.05) is 6.08 Å². The van der Waals surface area contributed by atoms with Gasteiger partial charge in [0.2, 0.25) is 5.91 Å². The molecule has 3 N–H and O–H groups in total. The van der Waals surface area contributed by atoms with Crippen LogP contribution in [0, 0.1) is 0 Å². The fraction of sp³-hybridized carbons (Fsp3) is 0.818. The van der Waals surface area contributed by atoms with Gasteiger partial charge in [0, 0.05) is 12.8 Å². The molecule has 1 amide bonds. The predicted molar refractivity (Wildman–Crippen MR) is 264 cm³/mol. The maximum atomic E-state index is 12.4. The van der Waals surface area contributed by atoms with Gasteiger partial charge in [0.25, 0.3) is 0 Å². The van der Waals surface area contributed by atoms with E-state index in [1.54, 1.807) is 6.08 Å².